The van der Waals surface area contributed by atoms with Gasteiger partial charge in [0.1, 0.15) is 31.8 Å². The lowest BCUT2D eigenvalue weighted by atomic mass is 9.92. The summed E-state index contributed by atoms with van der Waals surface area (Å²) in [6.07, 6.45) is -0.237. The number of hydrogen-bond acceptors (Lipinski definition) is 14. The van der Waals surface area contributed by atoms with Crippen molar-refractivity contribution in [3.05, 3.63) is 12.2 Å². The molecule has 0 atom stereocenters. The predicted octanol–water partition coefficient (Wildman–Crippen LogP) is 1.53. The first-order valence-electron chi connectivity index (χ1n) is 11.0. The third kappa shape index (κ3) is 21.0. The summed E-state index contributed by atoms with van der Waals surface area (Å²) in [5.74, 6) is -3.42. The number of rotatable bonds is 19. The Labute approximate surface area is 242 Å². The first-order chi connectivity index (χ1) is 17.9. The van der Waals surface area contributed by atoms with Crippen LogP contribution in [0.1, 0.15) is 32.1 Å². The van der Waals surface area contributed by atoms with Crippen molar-refractivity contribution >= 4 is 86.3 Å². The second-order valence-electron chi connectivity index (χ2n) is 7.52. The van der Waals surface area contributed by atoms with E-state index in [1.165, 1.54) is 0 Å². The molecular formula is C22H34O12S4. The normalized spacial score (nSPS) is 10.3. The number of carbonyl (C=O) groups is 6. The average Bonchev–Trinajstić information content (AvgIpc) is 2.84. The van der Waals surface area contributed by atoms with Gasteiger partial charge in [-0.3, -0.25) is 24.0 Å². The van der Waals surface area contributed by atoms with Gasteiger partial charge in [-0.2, -0.15) is 50.5 Å². The zero-order valence-corrected chi connectivity index (χ0v) is 24.2. The molecule has 0 spiro atoms. The Morgan fingerprint density at radius 1 is 0.579 bits per heavy atom. The van der Waals surface area contributed by atoms with E-state index < -0.39 is 47.7 Å². The van der Waals surface area contributed by atoms with Gasteiger partial charge in [0.2, 0.25) is 0 Å². The number of esters is 4. The molecule has 0 unspecified atom stereocenters. The maximum atomic E-state index is 11.8. The molecule has 0 rings (SSSR count). The fraction of sp³-hybridized carbons (Fsp3) is 0.636. The van der Waals surface area contributed by atoms with Gasteiger partial charge in [-0.1, -0.05) is 6.58 Å². The van der Waals surface area contributed by atoms with Crippen LogP contribution in [0.5, 0.6) is 0 Å². The van der Waals surface area contributed by atoms with Gasteiger partial charge < -0.3 is 29.2 Å². The van der Waals surface area contributed by atoms with E-state index in [0.717, 1.165) is 0 Å². The van der Waals surface area contributed by atoms with E-state index in [1.54, 1.807) is 0 Å². The molecule has 0 bridgehead atoms. The Bertz CT molecular complexity index is 710. The Morgan fingerprint density at radius 2 is 0.842 bits per heavy atom. The SMILES string of the molecule is C=C(CC(=O)O)C(=O)O.O=C(CCS)OCC(COC(=O)CCS)(COC(=O)CCS)COC(=O)CCS. The third-order valence-corrected chi connectivity index (χ3v) is 4.98. The molecule has 218 valence electrons. The van der Waals surface area contributed by atoms with Crippen molar-refractivity contribution in [3.8, 4) is 0 Å². The van der Waals surface area contributed by atoms with E-state index in [2.05, 4.69) is 57.1 Å². The zero-order chi connectivity index (χ0) is 29.6. The van der Waals surface area contributed by atoms with Crippen LogP contribution in [0.4, 0.5) is 0 Å². The fourth-order valence-electron chi connectivity index (χ4n) is 2.10. The van der Waals surface area contributed by atoms with E-state index in [4.69, 9.17) is 29.2 Å². The van der Waals surface area contributed by atoms with Crippen molar-refractivity contribution in [2.45, 2.75) is 32.1 Å². The van der Waals surface area contributed by atoms with Crippen molar-refractivity contribution in [3.63, 3.8) is 0 Å². The largest absolute Gasteiger partial charge is 0.481 e. The molecule has 0 radical (unpaired) electrons. The molecule has 0 aromatic carbocycles. The van der Waals surface area contributed by atoms with Gasteiger partial charge in [-0.05, 0) is 0 Å². The summed E-state index contributed by atoms with van der Waals surface area (Å²) in [6.45, 7) is 1.89. The quantitative estimate of drug-likeness (QED) is 0.0533. The average molecular weight is 619 g/mol. The maximum Gasteiger partial charge on any atom is 0.331 e. The first-order valence-corrected chi connectivity index (χ1v) is 13.6. The summed E-state index contributed by atoms with van der Waals surface area (Å²) in [7, 11) is 0. The molecule has 0 aromatic rings. The monoisotopic (exact) mass is 618 g/mol. The smallest absolute Gasteiger partial charge is 0.331 e. The van der Waals surface area contributed by atoms with Crippen LogP contribution in [0.15, 0.2) is 12.2 Å². The van der Waals surface area contributed by atoms with E-state index in [-0.39, 0.29) is 80.7 Å². The summed E-state index contributed by atoms with van der Waals surface area (Å²) >= 11 is 15.9. The zero-order valence-electron chi connectivity index (χ0n) is 20.7. The summed E-state index contributed by atoms with van der Waals surface area (Å²) in [4.78, 5) is 66.8. The number of carboxylic acid groups (broad SMARTS) is 2. The first kappa shape index (κ1) is 38.1. The Morgan fingerprint density at radius 3 is 1.00 bits per heavy atom. The molecule has 38 heavy (non-hydrogen) atoms. The summed E-state index contributed by atoms with van der Waals surface area (Å²) in [6, 6.07) is 0. The van der Waals surface area contributed by atoms with E-state index in [9.17, 15) is 28.8 Å². The Kier molecular flexibility index (Phi) is 23.0. The van der Waals surface area contributed by atoms with Gasteiger partial charge in [0.25, 0.3) is 0 Å². The lowest BCUT2D eigenvalue weighted by molar-refractivity contribution is -0.170. The number of ether oxygens (including phenoxy) is 4. The van der Waals surface area contributed by atoms with Gasteiger partial charge >= 0.3 is 35.8 Å². The fourth-order valence-corrected chi connectivity index (χ4v) is 2.83. The molecule has 0 fully saturated rings. The van der Waals surface area contributed by atoms with Crippen LogP contribution < -0.4 is 0 Å². The second-order valence-corrected chi connectivity index (χ2v) is 9.31. The molecular weight excluding hydrogens is 584 g/mol. The van der Waals surface area contributed by atoms with E-state index >= 15 is 0 Å². The van der Waals surface area contributed by atoms with Crippen molar-refractivity contribution in [1.82, 2.24) is 0 Å². The van der Waals surface area contributed by atoms with Crippen LogP contribution in [0.25, 0.3) is 0 Å². The number of carbonyl (C=O) groups excluding carboxylic acids is 4. The van der Waals surface area contributed by atoms with Crippen LogP contribution in [0.3, 0.4) is 0 Å². The third-order valence-electron chi connectivity index (χ3n) is 4.09. The minimum absolute atomic E-state index is 0.0670. The number of thiol groups is 4. The minimum atomic E-state index is -1.27. The summed E-state index contributed by atoms with van der Waals surface area (Å²) < 4.78 is 20.9. The van der Waals surface area contributed by atoms with Crippen LogP contribution in [-0.2, 0) is 47.7 Å². The number of hydrogen-bond donors (Lipinski definition) is 6. The molecule has 0 amide bonds. The van der Waals surface area contributed by atoms with Crippen LogP contribution >= 0.6 is 50.5 Å². The lowest BCUT2D eigenvalue weighted by Gasteiger charge is -2.31. The molecule has 12 nitrogen and oxygen atoms in total. The van der Waals surface area contributed by atoms with Crippen LogP contribution in [0, 0.1) is 5.41 Å². The highest BCUT2D eigenvalue weighted by molar-refractivity contribution is 7.80. The van der Waals surface area contributed by atoms with Crippen LogP contribution in [-0.4, -0.2) is 95.5 Å². The maximum absolute atomic E-state index is 11.8. The van der Waals surface area contributed by atoms with Crippen molar-refractivity contribution < 1.29 is 57.9 Å². The van der Waals surface area contributed by atoms with Gasteiger partial charge in [0.15, 0.2) is 0 Å². The van der Waals surface area contributed by atoms with Gasteiger partial charge in [0, 0.05) is 28.6 Å². The molecule has 0 aromatic heterocycles. The predicted molar refractivity (Wildman–Crippen MR) is 149 cm³/mol. The van der Waals surface area contributed by atoms with E-state index in [0.29, 0.717) is 0 Å². The Balaban J connectivity index is 0. The number of aliphatic carboxylic acids is 2. The topological polar surface area (TPSA) is 180 Å². The lowest BCUT2D eigenvalue weighted by Crippen LogP contribution is -2.44. The van der Waals surface area contributed by atoms with E-state index in [1.807, 2.05) is 0 Å². The highest BCUT2D eigenvalue weighted by atomic mass is 32.1. The minimum Gasteiger partial charge on any atom is -0.481 e. The highest BCUT2D eigenvalue weighted by Crippen LogP contribution is 2.22. The molecule has 0 heterocycles. The van der Waals surface area contributed by atoms with Crippen molar-refractivity contribution in [2.75, 3.05) is 49.4 Å². The van der Waals surface area contributed by atoms with Crippen LogP contribution in [0.2, 0.25) is 0 Å². The van der Waals surface area contributed by atoms with Crippen molar-refractivity contribution in [2.24, 2.45) is 5.41 Å². The van der Waals surface area contributed by atoms with Gasteiger partial charge in [-0.25, -0.2) is 4.79 Å². The van der Waals surface area contributed by atoms with Crippen molar-refractivity contribution in [1.29, 1.82) is 0 Å². The summed E-state index contributed by atoms with van der Waals surface area (Å²) in [5, 5.41) is 16.1. The second kappa shape index (κ2) is 22.9. The molecule has 0 aliphatic rings. The molecule has 0 aliphatic carbocycles. The number of carboxylic acids is 2. The molecule has 0 saturated carbocycles. The molecule has 0 aliphatic heterocycles. The van der Waals surface area contributed by atoms with Gasteiger partial charge in [-0.15, -0.1) is 0 Å². The highest BCUT2D eigenvalue weighted by Gasteiger charge is 2.37. The molecule has 0 saturated heterocycles. The Hall–Kier alpha value is -2.04. The molecule has 2 N–H and O–H groups in total. The summed E-state index contributed by atoms with van der Waals surface area (Å²) in [5.41, 5.74) is -1.56. The molecule has 16 heteroatoms. The standard InChI is InChI=1S/C17H28O8S4.C5H6O4/c18-13(1-5-26)22-9-17(10-23-14(19)2-6-27,11-24-15(20)3-7-28)12-25-16(21)4-8-29;1-3(5(8)9)2-4(6)7/h26-29H,1-12H2;1-2H2,(H,6,7)(H,8,9). The van der Waals surface area contributed by atoms with Gasteiger partial charge in [0.05, 0.1) is 32.1 Å².